The first-order chi connectivity index (χ1) is 15.3. The van der Waals surface area contributed by atoms with E-state index in [0.29, 0.717) is 41.4 Å². The number of fused-ring (bicyclic) bond motifs is 5. The molecule has 32 heavy (non-hydrogen) atoms. The van der Waals surface area contributed by atoms with Gasteiger partial charge in [0.25, 0.3) is 0 Å². The average Bonchev–Trinajstić information content (AvgIpc) is 3.11. The highest BCUT2D eigenvalue weighted by Crippen LogP contribution is 2.66. The minimum absolute atomic E-state index is 0.141. The quantitative estimate of drug-likeness (QED) is 0.597. The van der Waals surface area contributed by atoms with Crippen LogP contribution in [0.1, 0.15) is 82.4 Å². The number of aliphatic hydroxyl groups excluding tert-OH is 2. The predicted octanol–water partition coefficient (Wildman–Crippen LogP) is 4.62. The molecule has 1 aromatic rings. The van der Waals surface area contributed by atoms with E-state index in [9.17, 15) is 20.1 Å². The van der Waals surface area contributed by atoms with Crippen molar-refractivity contribution in [1.82, 2.24) is 0 Å². The van der Waals surface area contributed by atoms with Crippen LogP contribution in [0, 0.1) is 29.1 Å². The zero-order valence-corrected chi connectivity index (χ0v) is 19.4. The van der Waals surface area contributed by atoms with E-state index in [1.165, 1.54) is 0 Å². The van der Waals surface area contributed by atoms with Gasteiger partial charge in [-0.1, -0.05) is 31.6 Å². The Morgan fingerprint density at radius 2 is 2.03 bits per heavy atom. The normalized spacial score (nSPS) is 39.7. The summed E-state index contributed by atoms with van der Waals surface area (Å²) in [5.74, 6) is 1.86. The average molecular weight is 441 g/mol. The van der Waals surface area contributed by atoms with Gasteiger partial charge in [0.2, 0.25) is 0 Å². The van der Waals surface area contributed by atoms with Crippen molar-refractivity contribution >= 4 is 5.97 Å². The van der Waals surface area contributed by atoms with Gasteiger partial charge in [-0.2, -0.15) is 0 Å². The fraction of sp³-hybridized carbons (Fsp3) is 0.667. The summed E-state index contributed by atoms with van der Waals surface area (Å²) in [5.41, 5.74) is 3.40. The molecule has 1 aromatic carbocycles. The second-order valence-corrected chi connectivity index (χ2v) is 11.1. The zero-order valence-electron chi connectivity index (χ0n) is 19.4. The number of hydrogen-bond acceptors (Lipinski definition) is 5. The van der Waals surface area contributed by atoms with Crippen molar-refractivity contribution < 1.29 is 24.9 Å². The number of cyclic esters (lactones) is 1. The van der Waals surface area contributed by atoms with Gasteiger partial charge in [0.1, 0.15) is 11.9 Å². The van der Waals surface area contributed by atoms with Crippen LogP contribution in [0.2, 0.25) is 0 Å². The third-order valence-corrected chi connectivity index (χ3v) is 9.76. The molecule has 5 heteroatoms. The Balaban J connectivity index is 1.40. The van der Waals surface area contributed by atoms with Crippen LogP contribution < -0.4 is 0 Å². The van der Waals surface area contributed by atoms with E-state index in [-0.39, 0.29) is 30.0 Å². The van der Waals surface area contributed by atoms with Crippen LogP contribution in [0.5, 0.6) is 5.75 Å². The van der Waals surface area contributed by atoms with Crippen LogP contribution in [0.15, 0.2) is 29.3 Å². The summed E-state index contributed by atoms with van der Waals surface area (Å²) in [6.45, 7) is 6.33. The van der Waals surface area contributed by atoms with Crippen LogP contribution in [0.3, 0.4) is 0 Å². The minimum Gasteiger partial charge on any atom is -0.508 e. The van der Waals surface area contributed by atoms with E-state index in [4.69, 9.17) is 4.74 Å². The van der Waals surface area contributed by atoms with Gasteiger partial charge in [0, 0.05) is 12.0 Å². The summed E-state index contributed by atoms with van der Waals surface area (Å²) in [7, 11) is 0. The topological polar surface area (TPSA) is 87.0 Å². The first kappa shape index (κ1) is 22.0. The van der Waals surface area contributed by atoms with Gasteiger partial charge in [0.15, 0.2) is 0 Å². The van der Waals surface area contributed by atoms with Crippen molar-refractivity contribution in [3.05, 3.63) is 40.5 Å². The van der Waals surface area contributed by atoms with Gasteiger partial charge in [-0.3, -0.25) is 0 Å². The molecule has 1 aliphatic heterocycles. The molecule has 2 saturated carbocycles. The number of ether oxygens (including phenoxy) is 1. The predicted molar refractivity (Wildman–Crippen MR) is 121 cm³/mol. The summed E-state index contributed by atoms with van der Waals surface area (Å²) < 4.78 is 5.82. The number of rotatable bonds is 3. The number of benzene rings is 1. The smallest absolute Gasteiger partial charge is 0.336 e. The van der Waals surface area contributed by atoms with E-state index in [1.54, 1.807) is 6.07 Å². The lowest BCUT2D eigenvalue weighted by atomic mass is 9.52. The molecule has 4 aliphatic rings. The van der Waals surface area contributed by atoms with Gasteiger partial charge < -0.3 is 20.1 Å². The molecule has 0 radical (unpaired) electrons. The van der Waals surface area contributed by atoms with Gasteiger partial charge in [0.05, 0.1) is 18.3 Å². The molecule has 1 unspecified atom stereocenters. The minimum atomic E-state index is -0.513. The van der Waals surface area contributed by atoms with Gasteiger partial charge in [-0.25, -0.2) is 4.79 Å². The highest BCUT2D eigenvalue weighted by Gasteiger charge is 2.57. The molecule has 1 heterocycles. The van der Waals surface area contributed by atoms with Crippen molar-refractivity contribution in [3.8, 4) is 5.75 Å². The van der Waals surface area contributed by atoms with E-state index in [1.807, 2.05) is 19.1 Å². The molecule has 0 saturated heterocycles. The molecule has 8 atom stereocenters. The van der Waals surface area contributed by atoms with E-state index < -0.39 is 6.10 Å². The number of carbonyl (C=O) groups is 1. The van der Waals surface area contributed by atoms with Crippen LogP contribution in [-0.4, -0.2) is 34.0 Å². The Labute approximate surface area is 190 Å². The highest BCUT2D eigenvalue weighted by atomic mass is 16.5. The maximum Gasteiger partial charge on any atom is 0.336 e. The van der Waals surface area contributed by atoms with E-state index in [2.05, 4.69) is 13.8 Å². The van der Waals surface area contributed by atoms with Crippen LogP contribution in [0.25, 0.3) is 0 Å². The number of hydrogen-bond donors (Lipinski definition) is 3. The lowest BCUT2D eigenvalue weighted by molar-refractivity contribution is -0.152. The maximum absolute atomic E-state index is 12.4. The number of phenolic OH excluding ortho intramolecular Hbond substituents is 1. The lowest BCUT2D eigenvalue weighted by Gasteiger charge is -2.53. The summed E-state index contributed by atoms with van der Waals surface area (Å²) >= 11 is 0. The molecule has 3 N–H and O–H groups in total. The fourth-order valence-electron chi connectivity index (χ4n) is 8.13. The van der Waals surface area contributed by atoms with E-state index in [0.717, 1.165) is 48.8 Å². The maximum atomic E-state index is 12.4. The van der Waals surface area contributed by atoms with Crippen LogP contribution in [0.4, 0.5) is 0 Å². The highest BCUT2D eigenvalue weighted by molar-refractivity contribution is 5.90. The number of carbonyl (C=O) groups excluding carboxylic acids is 1. The summed E-state index contributed by atoms with van der Waals surface area (Å²) in [4.78, 5) is 12.4. The fourth-order valence-corrected chi connectivity index (χ4v) is 8.13. The molecule has 0 bridgehead atoms. The van der Waals surface area contributed by atoms with Gasteiger partial charge >= 0.3 is 5.97 Å². The Morgan fingerprint density at radius 1 is 1.25 bits per heavy atom. The number of phenols is 1. The molecule has 3 aliphatic carbocycles. The summed E-state index contributed by atoms with van der Waals surface area (Å²) in [6.07, 6.45) is 5.16. The molecule has 2 fully saturated rings. The van der Waals surface area contributed by atoms with Gasteiger partial charge in [-0.15, -0.1) is 0 Å². The largest absolute Gasteiger partial charge is 0.508 e. The first-order valence-electron chi connectivity index (χ1n) is 12.3. The molecule has 5 rings (SSSR count). The SMILES string of the molecule is CC1=C(CO)C(=O)O[C@@H]([C@@H](C)[C@H]2CCC3[C@@H]4C[C@H](O)c5cccc(O)c5[C@H]4CC[C@@]32C)C1. The Hall–Kier alpha value is -1.85. The Bertz CT molecular complexity index is 951. The number of aliphatic hydroxyl groups is 2. The number of esters is 1. The first-order valence-corrected chi connectivity index (χ1v) is 12.3. The second-order valence-electron chi connectivity index (χ2n) is 11.1. The second kappa shape index (κ2) is 7.88. The van der Waals surface area contributed by atoms with Gasteiger partial charge in [-0.05, 0) is 85.7 Å². The van der Waals surface area contributed by atoms with E-state index >= 15 is 0 Å². The van der Waals surface area contributed by atoms with Crippen LogP contribution >= 0.6 is 0 Å². The van der Waals surface area contributed by atoms with Crippen molar-refractivity contribution in [1.29, 1.82) is 0 Å². The summed E-state index contributed by atoms with van der Waals surface area (Å²) in [6, 6.07) is 5.56. The molecule has 174 valence electrons. The monoisotopic (exact) mass is 440 g/mol. The summed E-state index contributed by atoms with van der Waals surface area (Å²) in [5, 5.41) is 31.0. The molecule has 5 nitrogen and oxygen atoms in total. The zero-order chi connectivity index (χ0) is 22.8. The number of aromatic hydroxyl groups is 1. The van der Waals surface area contributed by atoms with Crippen molar-refractivity contribution in [2.45, 2.75) is 77.4 Å². The van der Waals surface area contributed by atoms with Crippen molar-refractivity contribution in [2.24, 2.45) is 29.1 Å². The molecule has 0 spiro atoms. The Kier molecular flexibility index (Phi) is 5.41. The van der Waals surface area contributed by atoms with Crippen molar-refractivity contribution in [2.75, 3.05) is 6.61 Å². The van der Waals surface area contributed by atoms with Crippen LogP contribution in [-0.2, 0) is 9.53 Å². The molecule has 0 amide bonds. The molecule has 0 aromatic heterocycles. The Morgan fingerprint density at radius 3 is 2.75 bits per heavy atom. The molecular weight excluding hydrogens is 404 g/mol. The third-order valence-electron chi connectivity index (χ3n) is 9.76. The lowest BCUT2D eigenvalue weighted by Crippen LogP contribution is -2.46. The third kappa shape index (κ3) is 3.15. The van der Waals surface area contributed by atoms with Crippen molar-refractivity contribution in [3.63, 3.8) is 0 Å². The standard InChI is InChI=1S/C27H36O5/c1-14-11-24(32-26(31)19(14)13-28)15(2)20-7-8-21-18-12-23(30)17-5-4-6-22(29)25(17)16(18)9-10-27(20,21)3/h4-6,15-16,18,20-21,23-24,28-30H,7-13H2,1-3H3/t15-,16-,18+,20+,21?,23-,24+,27+/m0/s1. The molecular formula is C27H36O5.